The Balaban J connectivity index is 1.89. The first kappa shape index (κ1) is 11.2. The number of hydrogen-bond acceptors (Lipinski definition) is 2. The van der Waals surface area contributed by atoms with Crippen molar-refractivity contribution in [2.75, 3.05) is 0 Å². The lowest BCUT2D eigenvalue weighted by Gasteiger charge is -2.11. The Morgan fingerprint density at radius 3 is 2.80 bits per heavy atom. The van der Waals surface area contributed by atoms with Gasteiger partial charge >= 0.3 is 0 Å². The van der Waals surface area contributed by atoms with Gasteiger partial charge in [0.2, 0.25) is 5.91 Å². The van der Waals surface area contributed by atoms with E-state index in [1.165, 1.54) is 0 Å². The highest BCUT2D eigenvalue weighted by atomic mass is 35.5. The molecule has 0 bridgehead atoms. The second kappa shape index (κ2) is 3.65. The molecule has 1 amide bonds. The van der Waals surface area contributed by atoms with E-state index in [4.69, 9.17) is 23.2 Å². The maximum absolute atomic E-state index is 11.8. The molecule has 1 fully saturated rings. The summed E-state index contributed by atoms with van der Waals surface area (Å²) >= 11 is 13.4. The number of carbonyl (C=O) groups excluding carboxylic acids is 1. The van der Waals surface area contributed by atoms with E-state index >= 15 is 0 Å². The molecule has 1 saturated carbocycles. The van der Waals surface area contributed by atoms with E-state index in [1.54, 1.807) is 18.3 Å². The molecule has 0 spiro atoms. The van der Waals surface area contributed by atoms with Crippen LogP contribution >= 0.6 is 34.5 Å². The third-order valence-corrected chi connectivity index (χ3v) is 4.74. The Morgan fingerprint density at radius 1 is 1.67 bits per heavy atom. The molecule has 1 N–H and O–H groups in total. The minimum Gasteiger partial charge on any atom is -0.351 e. The van der Waals surface area contributed by atoms with Gasteiger partial charge in [-0.3, -0.25) is 4.79 Å². The maximum atomic E-state index is 11.8. The molecule has 1 aliphatic carbocycles. The van der Waals surface area contributed by atoms with Crippen LogP contribution in [0.25, 0.3) is 0 Å². The van der Waals surface area contributed by atoms with Crippen molar-refractivity contribution < 1.29 is 4.79 Å². The second-order valence-electron chi connectivity index (χ2n) is 3.98. The lowest BCUT2D eigenvalue weighted by Crippen LogP contribution is -2.32. The van der Waals surface area contributed by atoms with Gasteiger partial charge in [-0.25, -0.2) is 0 Å². The molecule has 5 heteroatoms. The van der Waals surface area contributed by atoms with Gasteiger partial charge in [-0.15, -0.1) is 34.5 Å². The van der Waals surface area contributed by atoms with Gasteiger partial charge in [0.25, 0.3) is 0 Å². The Morgan fingerprint density at radius 2 is 2.33 bits per heavy atom. The highest BCUT2D eigenvalue weighted by molar-refractivity contribution is 7.09. The van der Waals surface area contributed by atoms with Crippen LogP contribution in [0.5, 0.6) is 0 Å². The Hall–Kier alpha value is -0.250. The lowest BCUT2D eigenvalue weighted by atomic mass is 10.1. The summed E-state index contributed by atoms with van der Waals surface area (Å²) in [4.78, 5) is 12.9. The first-order chi connectivity index (χ1) is 6.96. The van der Waals surface area contributed by atoms with Gasteiger partial charge in [0.05, 0.1) is 12.0 Å². The van der Waals surface area contributed by atoms with E-state index in [0.717, 1.165) is 4.88 Å². The lowest BCUT2D eigenvalue weighted by molar-refractivity contribution is -0.125. The van der Waals surface area contributed by atoms with Crippen molar-refractivity contribution in [2.45, 2.75) is 24.2 Å². The Bertz CT molecular complexity index is 377. The molecule has 1 heterocycles. The molecule has 1 aromatic heterocycles. The molecule has 0 unspecified atom stereocenters. The van der Waals surface area contributed by atoms with Crippen molar-refractivity contribution in [1.82, 2.24) is 5.32 Å². The highest BCUT2D eigenvalue weighted by Gasteiger charge is 2.67. The number of thiophene rings is 1. The SMILES string of the molecule is C[C@@]1(C(=O)NCc2cccs2)CC1(Cl)Cl. The first-order valence-corrected chi connectivity index (χ1v) is 6.28. The fraction of sp³-hybridized carbons (Fsp3) is 0.500. The third-order valence-electron chi connectivity index (χ3n) is 2.76. The van der Waals surface area contributed by atoms with Crippen LogP contribution in [0.1, 0.15) is 18.2 Å². The summed E-state index contributed by atoms with van der Waals surface area (Å²) < 4.78 is -0.882. The monoisotopic (exact) mass is 263 g/mol. The van der Waals surface area contributed by atoms with Gasteiger partial charge in [0.1, 0.15) is 4.33 Å². The fourth-order valence-electron chi connectivity index (χ4n) is 1.42. The average Bonchev–Trinajstić information content (AvgIpc) is 2.57. The van der Waals surface area contributed by atoms with Crippen LogP contribution in [0.2, 0.25) is 0 Å². The average molecular weight is 264 g/mol. The summed E-state index contributed by atoms with van der Waals surface area (Å²) in [6.07, 6.45) is 0.527. The van der Waals surface area contributed by atoms with Crippen LogP contribution in [-0.4, -0.2) is 10.2 Å². The molecule has 82 valence electrons. The third kappa shape index (κ3) is 2.01. The molecule has 0 aliphatic heterocycles. The van der Waals surface area contributed by atoms with Gasteiger partial charge in [0.15, 0.2) is 0 Å². The zero-order valence-electron chi connectivity index (χ0n) is 8.22. The zero-order valence-corrected chi connectivity index (χ0v) is 10.5. The zero-order chi connectivity index (χ0) is 11.1. The Labute approximate surface area is 103 Å². The summed E-state index contributed by atoms with van der Waals surface area (Å²) in [5, 5.41) is 4.83. The number of rotatable bonds is 3. The first-order valence-electron chi connectivity index (χ1n) is 4.64. The van der Waals surface area contributed by atoms with E-state index < -0.39 is 9.75 Å². The highest BCUT2D eigenvalue weighted by Crippen LogP contribution is 2.63. The molecule has 1 aliphatic rings. The number of halogens is 2. The van der Waals surface area contributed by atoms with Crippen LogP contribution in [-0.2, 0) is 11.3 Å². The minimum absolute atomic E-state index is 0.0686. The minimum atomic E-state index is -0.882. The van der Waals surface area contributed by atoms with Crippen LogP contribution in [0.15, 0.2) is 17.5 Å². The van der Waals surface area contributed by atoms with Crippen molar-refractivity contribution >= 4 is 40.4 Å². The van der Waals surface area contributed by atoms with E-state index in [2.05, 4.69) is 5.32 Å². The molecule has 0 aromatic carbocycles. The number of hydrogen-bond donors (Lipinski definition) is 1. The van der Waals surface area contributed by atoms with Crippen LogP contribution < -0.4 is 5.32 Å². The van der Waals surface area contributed by atoms with Crippen LogP contribution in [0.4, 0.5) is 0 Å². The molecular weight excluding hydrogens is 253 g/mol. The molecule has 0 saturated heterocycles. The second-order valence-corrected chi connectivity index (χ2v) is 6.49. The number of alkyl halides is 2. The smallest absolute Gasteiger partial charge is 0.229 e. The molecule has 1 atom stereocenters. The van der Waals surface area contributed by atoms with E-state index in [1.807, 2.05) is 17.5 Å². The van der Waals surface area contributed by atoms with Gasteiger partial charge in [-0.2, -0.15) is 0 Å². The van der Waals surface area contributed by atoms with Gasteiger partial charge < -0.3 is 5.32 Å². The standard InChI is InChI=1S/C10H11Cl2NOS/c1-9(6-10(9,11)12)8(14)13-5-7-3-2-4-15-7/h2-4H,5-6H2,1H3,(H,13,14)/t9-/m0/s1. The van der Waals surface area contributed by atoms with Crippen LogP contribution in [0, 0.1) is 5.41 Å². The summed E-state index contributed by atoms with van der Waals surface area (Å²) in [5.74, 6) is -0.0686. The van der Waals surface area contributed by atoms with Crippen molar-refractivity contribution in [3.63, 3.8) is 0 Å². The summed E-state index contributed by atoms with van der Waals surface area (Å²) in [6.45, 7) is 2.34. The molecule has 1 aromatic rings. The Kier molecular flexibility index (Phi) is 2.73. The van der Waals surface area contributed by atoms with Crippen molar-refractivity contribution in [2.24, 2.45) is 5.41 Å². The van der Waals surface area contributed by atoms with Gasteiger partial charge in [0, 0.05) is 4.88 Å². The number of nitrogens with one attached hydrogen (secondary N) is 1. The van der Waals surface area contributed by atoms with Crippen molar-refractivity contribution in [1.29, 1.82) is 0 Å². The maximum Gasteiger partial charge on any atom is 0.229 e. The summed E-state index contributed by atoms with van der Waals surface area (Å²) in [5.41, 5.74) is -0.618. The van der Waals surface area contributed by atoms with Crippen molar-refractivity contribution in [3.05, 3.63) is 22.4 Å². The number of carbonyl (C=O) groups is 1. The predicted molar refractivity (Wildman–Crippen MR) is 63.3 cm³/mol. The molecule has 0 radical (unpaired) electrons. The van der Waals surface area contributed by atoms with E-state index in [9.17, 15) is 4.79 Å². The molecule has 15 heavy (non-hydrogen) atoms. The quantitative estimate of drug-likeness (QED) is 0.835. The summed E-state index contributed by atoms with van der Waals surface area (Å²) in [6, 6.07) is 3.94. The molecule has 2 rings (SSSR count). The van der Waals surface area contributed by atoms with E-state index in [-0.39, 0.29) is 5.91 Å². The van der Waals surface area contributed by atoms with Gasteiger partial charge in [-0.05, 0) is 24.8 Å². The summed E-state index contributed by atoms with van der Waals surface area (Å²) in [7, 11) is 0. The normalized spacial score (nSPS) is 27.4. The largest absolute Gasteiger partial charge is 0.351 e. The van der Waals surface area contributed by atoms with E-state index in [0.29, 0.717) is 13.0 Å². The van der Waals surface area contributed by atoms with Crippen molar-refractivity contribution in [3.8, 4) is 0 Å². The van der Waals surface area contributed by atoms with Crippen LogP contribution in [0.3, 0.4) is 0 Å². The fourth-order valence-corrected chi connectivity index (χ4v) is 2.77. The molecule has 2 nitrogen and oxygen atoms in total. The number of amides is 1. The van der Waals surface area contributed by atoms with Gasteiger partial charge in [-0.1, -0.05) is 6.07 Å². The predicted octanol–water partition coefficient (Wildman–Crippen LogP) is 2.95. The molecular formula is C10H11Cl2NOS. The topological polar surface area (TPSA) is 29.1 Å².